The number of allylic oxidation sites excluding steroid dienone is 1. The van der Waals surface area contributed by atoms with Crippen molar-refractivity contribution in [2.45, 2.75) is 13.3 Å². The summed E-state index contributed by atoms with van der Waals surface area (Å²) < 4.78 is 9.61. The van der Waals surface area contributed by atoms with E-state index in [0.29, 0.717) is 6.42 Å². The number of ether oxygens (including phenoxy) is 2. The molecule has 1 aliphatic heterocycles. The third kappa shape index (κ3) is 2.13. The number of cyclic esters (lactones) is 1. The first-order valence-corrected chi connectivity index (χ1v) is 4.64. The average molecular weight is 198 g/mol. The average Bonchev–Trinajstić information content (AvgIpc) is 2.48. The fraction of sp³-hybridized carbons (Fsp3) is 0.600. The van der Waals surface area contributed by atoms with E-state index < -0.39 is 17.9 Å². The van der Waals surface area contributed by atoms with Gasteiger partial charge in [-0.1, -0.05) is 6.08 Å². The second-order valence-corrected chi connectivity index (χ2v) is 3.14. The maximum Gasteiger partial charge on any atom is 0.320 e. The molecule has 0 aromatic rings. The molecule has 0 N–H and O–H groups in total. The van der Waals surface area contributed by atoms with Crippen molar-refractivity contribution in [3.8, 4) is 0 Å². The fourth-order valence-corrected chi connectivity index (χ4v) is 1.51. The van der Waals surface area contributed by atoms with E-state index in [2.05, 4.69) is 6.58 Å². The summed E-state index contributed by atoms with van der Waals surface area (Å²) >= 11 is 0. The van der Waals surface area contributed by atoms with Gasteiger partial charge < -0.3 is 9.47 Å². The van der Waals surface area contributed by atoms with E-state index in [1.165, 1.54) is 0 Å². The second-order valence-electron chi connectivity index (χ2n) is 3.14. The van der Waals surface area contributed by atoms with Crippen LogP contribution in [0.5, 0.6) is 0 Å². The molecule has 0 saturated carbocycles. The van der Waals surface area contributed by atoms with Gasteiger partial charge in [0, 0.05) is 5.92 Å². The zero-order chi connectivity index (χ0) is 10.6. The normalized spacial score (nSPS) is 25.6. The lowest BCUT2D eigenvalue weighted by atomic mass is 9.92. The fourth-order valence-electron chi connectivity index (χ4n) is 1.51. The lowest BCUT2D eigenvalue weighted by Crippen LogP contribution is -2.27. The summed E-state index contributed by atoms with van der Waals surface area (Å²) in [6, 6.07) is 0. The molecular weight excluding hydrogens is 184 g/mol. The van der Waals surface area contributed by atoms with Crippen molar-refractivity contribution in [1.82, 2.24) is 0 Å². The maximum absolute atomic E-state index is 11.4. The summed E-state index contributed by atoms with van der Waals surface area (Å²) in [6.45, 7) is 5.85. The summed E-state index contributed by atoms with van der Waals surface area (Å²) in [5.74, 6) is -1.83. The van der Waals surface area contributed by atoms with Crippen molar-refractivity contribution in [2.24, 2.45) is 11.8 Å². The van der Waals surface area contributed by atoms with Gasteiger partial charge in [0.15, 0.2) is 5.92 Å². The minimum Gasteiger partial charge on any atom is -0.465 e. The van der Waals surface area contributed by atoms with Crippen LogP contribution in [-0.4, -0.2) is 25.2 Å². The van der Waals surface area contributed by atoms with E-state index in [9.17, 15) is 9.59 Å². The summed E-state index contributed by atoms with van der Waals surface area (Å²) in [7, 11) is 0. The minimum atomic E-state index is -0.757. The molecule has 1 heterocycles. The van der Waals surface area contributed by atoms with Crippen molar-refractivity contribution in [3.63, 3.8) is 0 Å². The summed E-state index contributed by atoms with van der Waals surface area (Å²) in [6.07, 6.45) is 2.27. The quantitative estimate of drug-likeness (QED) is 0.383. The van der Waals surface area contributed by atoms with Crippen molar-refractivity contribution < 1.29 is 19.1 Å². The van der Waals surface area contributed by atoms with Gasteiger partial charge in [-0.25, -0.2) is 0 Å². The van der Waals surface area contributed by atoms with Crippen molar-refractivity contribution in [1.29, 1.82) is 0 Å². The zero-order valence-corrected chi connectivity index (χ0v) is 8.19. The predicted octanol–water partition coefficient (Wildman–Crippen LogP) is 0.915. The summed E-state index contributed by atoms with van der Waals surface area (Å²) in [5.41, 5.74) is 0. The Morgan fingerprint density at radius 1 is 1.79 bits per heavy atom. The first-order valence-electron chi connectivity index (χ1n) is 4.64. The van der Waals surface area contributed by atoms with Gasteiger partial charge in [-0.15, -0.1) is 6.58 Å². The third-order valence-corrected chi connectivity index (χ3v) is 2.17. The standard InChI is InChI=1S/C10H14O4/c1-3-5-7-6-14-10(12)8(7)9(11)13-4-2/h3,7-8H,1,4-6H2,2H3/t7-,8?/m0/s1. The number of carbonyl (C=O) groups excluding carboxylic acids is 2. The highest BCUT2D eigenvalue weighted by Crippen LogP contribution is 2.26. The molecule has 0 amide bonds. The molecule has 0 bridgehead atoms. The van der Waals surface area contributed by atoms with E-state index in [-0.39, 0.29) is 19.1 Å². The summed E-state index contributed by atoms with van der Waals surface area (Å²) in [5, 5.41) is 0. The van der Waals surface area contributed by atoms with E-state index in [1.807, 2.05) is 0 Å². The van der Waals surface area contributed by atoms with Crippen LogP contribution in [0.1, 0.15) is 13.3 Å². The van der Waals surface area contributed by atoms with Gasteiger partial charge in [-0.3, -0.25) is 9.59 Å². The maximum atomic E-state index is 11.4. The Morgan fingerprint density at radius 3 is 3.07 bits per heavy atom. The van der Waals surface area contributed by atoms with Crippen molar-refractivity contribution >= 4 is 11.9 Å². The van der Waals surface area contributed by atoms with E-state index in [0.717, 1.165) is 0 Å². The van der Waals surface area contributed by atoms with Crippen LogP contribution in [0.2, 0.25) is 0 Å². The Balaban J connectivity index is 2.65. The molecular formula is C10H14O4. The lowest BCUT2D eigenvalue weighted by molar-refractivity contribution is -0.156. The number of hydrogen-bond donors (Lipinski definition) is 0. The van der Waals surface area contributed by atoms with Gasteiger partial charge in [0.1, 0.15) is 0 Å². The van der Waals surface area contributed by atoms with Gasteiger partial charge in [0.05, 0.1) is 13.2 Å². The van der Waals surface area contributed by atoms with Gasteiger partial charge in [0.25, 0.3) is 0 Å². The van der Waals surface area contributed by atoms with Gasteiger partial charge in [-0.05, 0) is 13.3 Å². The topological polar surface area (TPSA) is 52.6 Å². The lowest BCUT2D eigenvalue weighted by Gasteiger charge is -2.11. The van der Waals surface area contributed by atoms with Crippen LogP contribution < -0.4 is 0 Å². The van der Waals surface area contributed by atoms with Crippen LogP contribution in [0.15, 0.2) is 12.7 Å². The van der Waals surface area contributed by atoms with Gasteiger partial charge in [0.2, 0.25) is 0 Å². The van der Waals surface area contributed by atoms with Crippen LogP contribution >= 0.6 is 0 Å². The molecule has 4 heteroatoms. The smallest absolute Gasteiger partial charge is 0.320 e. The largest absolute Gasteiger partial charge is 0.465 e. The van der Waals surface area contributed by atoms with E-state index in [1.54, 1.807) is 13.0 Å². The number of rotatable bonds is 4. The molecule has 78 valence electrons. The molecule has 1 fully saturated rings. The van der Waals surface area contributed by atoms with Crippen LogP contribution in [0.4, 0.5) is 0 Å². The molecule has 0 spiro atoms. The molecule has 1 saturated heterocycles. The first-order chi connectivity index (χ1) is 6.70. The molecule has 1 unspecified atom stereocenters. The highest BCUT2D eigenvalue weighted by molar-refractivity contribution is 5.96. The summed E-state index contributed by atoms with van der Waals surface area (Å²) in [4.78, 5) is 22.6. The Kier molecular flexibility index (Phi) is 3.68. The van der Waals surface area contributed by atoms with E-state index >= 15 is 0 Å². The molecule has 2 atom stereocenters. The molecule has 1 aliphatic rings. The highest BCUT2D eigenvalue weighted by Gasteiger charge is 2.42. The van der Waals surface area contributed by atoms with Gasteiger partial charge >= 0.3 is 11.9 Å². The highest BCUT2D eigenvalue weighted by atomic mass is 16.6. The predicted molar refractivity (Wildman–Crippen MR) is 49.4 cm³/mol. The molecule has 1 rings (SSSR count). The molecule has 4 nitrogen and oxygen atoms in total. The number of esters is 2. The molecule has 14 heavy (non-hydrogen) atoms. The van der Waals surface area contributed by atoms with Crippen LogP contribution in [0.25, 0.3) is 0 Å². The van der Waals surface area contributed by atoms with Crippen LogP contribution in [0, 0.1) is 11.8 Å². The molecule has 0 aromatic heterocycles. The Hall–Kier alpha value is -1.32. The Labute approximate surface area is 82.9 Å². The minimum absolute atomic E-state index is 0.112. The molecule has 0 aliphatic carbocycles. The second kappa shape index (κ2) is 4.79. The van der Waals surface area contributed by atoms with Crippen molar-refractivity contribution in [2.75, 3.05) is 13.2 Å². The SMILES string of the molecule is C=CC[C@H]1COC(=O)C1C(=O)OCC. The monoisotopic (exact) mass is 198 g/mol. The van der Waals surface area contributed by atoms with Crippen LogP contribution in [-0.2, 0) is 19.1 Å². The number of hydrogen-bond acceptors (Lipinski definition) is 4. The molecule has 0 radical (unpaired) electrons. The Bertz CT molecular complexity index is 247. The van der Waals surface area contributed by atoms with Gasteiger partial charge in [-0.2, -0.15) is 0 Å². The van der Waals surface area contributed by atoms with E-state index in [4.69, 9.17) is 9.47 Å². The number of carbonyl (C=O) groups is 2. The van der Waals surface area contributed by atoms with Crippen LogP contribution in [0.3, 0.4) is 0 Å². The first kappa shape index (κ1) is 10.8. The zero-order valence-electron chi connectivity index (χ0n) is 8.19. The third-order valence-electron chi connectivity index (χ3n) is 2.17. The molecule has 0 aromatic carbocycles. The van der Waals surface area contributed by atoms with Crippen molar-refractivity contribution in [3.05, 3.63) is 12.7 Å². The Morgan fingerprint density at radius 2 is 2.50 bits per heavy atom.